The van der Waals surface area contributed by atoms with Gasteiger partial charge in [-0.1, -0.05) is 13.8 Å². The average Bonchev–Trinajstić information content (AvgIpc) is 3.03. The minimum absolute atomic E-state index is 0.106. The molecule has 2 rings (SSSR count). The molecule has 1 N–H and O–H groups in total. The highest BCUT2D eigenvalue weighted by Crippen LogP contribution is 2.46. The lowest BCUT2D eigenvalue weighted by Gasteiger charge is -2.33. The number of likely N-dealkylation sites (tertiary alicyclic amines) is 1. The van der Waals surface area contributed by atoms with Crippen molar-refractivity contribution in [2.75, 3.05) is 25.4 Å². The normalized spacial score (nSPS) is 28.5. The third-order valence-corrected chi connectivity index (χ3v) is 6.79. The van der Waals surface area contributed by atoms with Crippen LogP contribution in [0.15, 0.2) is 0 Å². The second-order valence-corrected chi connectivity index (χ2v) is 8.91. The van der Waals surface area contributed by atoms with E-state index in [9.17, 15) is 31.2 Å². The van der Waals surface area contributed by atoms with Crippen LogP contribution in [0.2, 0.25) is 0 Å². The smallest absolute Gasteiger partial charge is 0.406 e. The van der Waals surface area contributed by atoms with Gasteiger partial charge in [-0.3, -0.25) is 9.59 Å². The monoisotopic (exact) mass is 386 g/mol. The van der Waals surface area contributed by atoms with E-state index in [2.05, 4.69) is 0 Å². The SMILES string of the molecule is CC(C)C(C(=O)N1CCC(C(=O)O)(C(F)(F)F)C1)N1CCCS1(=O)=O. The molecular weight excluding hydrogens is 365 g/mol. The van der Waals surface area contributed by atoms with Crippen molar-refractivity contribution in [3.8, 4) is 0 Å². The predicted octanol–water partition coefficient (Wildman–Crippen LogP) is 0.912. The molecule has 2 aliphatic rings. The number of carboxylic acids is 1. The minimum atomic E-state index is -5.00. The maximum Gasteiger partial charge on any atom is 0.406 e. The molecule has 0 aromatic carbocycles. The Morgan fingerprint density at radius 2 is 1.80 bits per heavy atom. The van der Waals surface area contributed by atoms with E-state index >= 15 is 0 Å². The van der Waals surface area contributed by atoms with Gasteiger partial charge in [0.05, 0.1) is 5.75 Å². The molecule has 2 atom stereocenters. The Morgan fingerprint density at radius 1 is 1.20 bits per heavy atom. The van der Waals surface area contributed by atoms with Crippen LogP contribution in [0.3, 0.4) is 0 Å². The first-order chi connectivity index (χ1) is 11.3. The van der Waals surface area contributed by atoms with Gasteiger partial charge >= 0.3 is 12.1 Å². The fraction of sp³-hybridized carbons (Fsp3) is 0.857. The molecule has 0 aromatic heterocycles. The van der Waals surface area contributed by atoms with Gasteiger partial charge in [0.15, 0.2) is 5.41 Å². The van der Waals surface area contributed by atoms with E-state index in [1.807, 2.05) is 0 Å². The Balaban J connectivity index is 2.29. The van der Waals surface area contributed by atoms with Crippen LogP contribution in [-0.2, 0) is 19.6 Å². The molecule has 0 bridgehead atoms. The van der Waals surface area contributed by atoms with E-state index in [-0.39, 0.29) is 18.8 Å². The molecule has 25 heavy (non-hydrogen) atoms. The van der Waals surface area contributed by atoms with E-state index in [0.717, 1.165) is 9.21 Å². The zero-order valence-electron chi connectivity index (χ0n) is 13.9. The van der Waals surface area contributed by atoms with Gasteiger partial charge in [0.2, 0.25) is 15.9 Å². The van der Waals surface area contributed by atoms with E-state index in [4.69, 9.17) is 5.11 Å². The van der Waals surface area contributed by atoms with Crippen LogP contribution < -0.4 is 0 Å². The van der Waals surface area contributed by atoms with Crippen molar-refractivity contribution < 1.29 is 36.3 Å². The molecule has 2 heterocycles. The van der Waals surface area contributed by atoms with E-state index < -0.39 is 58.4 Å². The summed E-state index contributed by atoms with van der Waals surface area (Å²) in [5.74, 6) is -3.35. The second-order valence-electron chi connectivity index (χ2n) is 6.86. The van der Waals surface area contributed by atoms with Gasteiger partial charge < -0.3 is 10.0 Å². The summed E-state index contributed by atoms with van der Waals surface area (Å²) in [7, 11) is -3.63. The van der Waals surface area contributed by atoms with Gasteiger partial charge in [-0.25, -0.2) is 8.42 Å². The summed E-state index contributed by atoms with van der Waals surface area (Å²) in [6, 6.07) is -1.12. The molecule has 0 radical (unpaired) electrons. The van der Waals surface area contributed by atoms with Crippen LogP contribution in [0.1, 0.15) is 26.7 Å². The molecule has 144 valence electrons. The highest BCUT2D eigenvalue weighted by molar-refractivity contribution is 7.89. The van der Waals surface area contributed by atoms with E-state index in [1.54, 1.807) is 13.8 Å². The Bertz CT molecular complexity index is 664. The number of carbonyl (C=O) groups excluding carboxylic acids is 1. The fourth-order valence-electron chi connectivity index (χ4n) is 3.42. The molecule has 7 nitrogen and oxygen atoms in total. The fourth-order valence-corrected chi connectivity index (χ4v) is 5.24. The van der Waals surface area contributed by atoms with E-state index in [1.165, 1.54) is 0 Å². The Kier molecular flexibility index (Phi) is 5.12. The van der Waals surface area contributed by atoms with E-state index in [0.29, 0.717) is 6.42 Å². The average molecular weight is 386 g/mol. The van der Waals surface area contributed by atoms with Crippen LogP contribution in [0.25, 0.3) is 0 Å². The van der Waals surface area contributed by atoms with Crippen LogP contribution >= 0.6 is 0 Å². The third kappa shape index (κ3) is 3.35. The molecule has 2 aliphatic heterocycles. The molecule has 0 spiro atoms. The lowest BCUT2D eigenvalue weighted by Crippen LogP contribution is -2.53. The van der Waals surface area contributed by atoms with Crippen molar-refractivity contribution in [3.05, 3.63) is 0 Å². The Labute approximate surface area is 143 Å². The largest absolute Gasteiger partial charge is 0.481 e. The summed E-state index contributed by atoms with van der Waals surface area (Å²) < 4.78 is 65.0. The highest BCUT2D eigenvalue weighted by atomic mass is 32.2. The van der Waals surface area contributed by atoms with Crippen molar-refractivity contribution in [2.45, 2.75) is 38.9 Å². The molecular formula is C14H21F3N2O5S. The molecule has 0 aliphatic carbocycles. The molecule has 2 fully saturated rings. The zero-order valence-corrected chi connectivity index (χ0v) is 14.7. The molecule has 11 heteroatoms. The Morgan fingerprint density at radius 3 is 2.16 bits per heavy atom. The van der Waals surface area contributed by atoms with Crippen molar-refractivity contribution in [3.63, 3.8) is 0 Å². The number of nitrogens with zero attached hydrogens (tertiary/aromatic N) is 2. The number of aliphatic carboxylic acids is 1. The first-order valence-electron chi connectivity index (χ1n) is 7.92. The van der Waals surface area contributed by atoms with Crippen molar-refractivity contribution in [2.24, 2.45) is 11.3 Å². The quantitative estimate of drug-likeness (QED) is 0.775. The van der Waals surface area contributed by atoms with Crippen molar-refractivity contribution >= 4 is 21.9 Å². The predicted molar refractivity (Wildman–Crippen MR) is 81.1 cm³/mol. The molecule has 2 unspecified atom stereocenters. The van der Waals surface area contributed by atoms with Crippen LogP contribution in [0.5, 0.6) is 0 Å². The van der Waals surface area contributed by atoms with Gasteiger partial charge in [0.1, 0.15) is 6.04 Å². The summed E-state index contributed by atoms with van der Waals surface area (Å²) >= 11 is 0. The number of carbonyl (C=O) groups is 2. The summed E-state index contributed by atoms with van der Waals surface area (Å²) in [5.41, 5.74) is -3.01. The zero-order chi connectivity index (χ0) is 19.2. The lowest BCUT2D eigenvalue weighted by molar-refractivity contribution is -0.227. The van der Waals surface area contributed by atoms with Crippen molar-refractivity contribution in [1.82, 2.24) is 9.21 Å². The minimum Gasteiger partial charge on any atom is -0.481 e. The lowest BCUT2D eigenvalue weighted by atomic mass is 9.86. The molecule has 0 saturated carbocycles. The number of hydrogen-bond donors (Lipinski definition) is 1. The first kappa shape index (κ1) is 20.0. The van der Waals surface area contributed by atoms with Gasteiger partial charge in [-0.15, -0.1) is 0 Å². The maximum atomic E-state index is 13.3. The Hall–Kier alpha value is -1.36. The number of hydrogen-bond acceptors (Lipinski definition) is 4. The second kappa shape index (κ2) is 6.42. The summed E-state index contributed by atoms with van der Waals surface area (Å²) in [5, 5.41) is 9.08. The topological polar surface area (TPSA) is 95.0 Å². The van der Waals surface area contributed by atoms with Crippen LogP contribution in [-0.4, -0.2) is 72.2 Å². The van der Waals surface area contributed by atoms with Crippen molar-refractivity contribution in [1.29, 1.82) is 0 Å². The maximum absolute atomic E-state index is 13.3. The van der Waals surface area contributed by atoms with Crippen LogP contribution in [0, 0.1) is 11.3 Å². The van der Waals surface area contributed by atoms with Gasteiger partial charge in [-0.2, -0.15) is 17.5 Å². The standard InChI is InChI=1S/C14H21F3N2O5S/c1-9(2)10(19-5-3-7-25(19,23)24)11(20)18-6-4-13(8-18,12(21)22)14(15,16)17/h9-10H,3-8H2,1-2H3,(H,21,22). The number of carboxylic acid groups (broad SMARTS) is 1. The number of halogens is 3. The highest BCUT2D eigenvalue weighted by Gasteiger charge is 2.64. The summed E-state index contributed by atoms with van der Waals surface area (Å²) in [6.45, 7) is 1.99. The number of rotatable bonds is 4. The molecule has 1 amide bonds. The number of alkyl halides is 3. The number of sulfonamides is 1. The van der Waals surface area contributed by atoms with Gasteiger partial charge in [-0.05, 0) is 18.8 Å². The molecule has 0 aromatic rings. The van der Waals surface area contributed by atoms with Gasteiger partial charge in [0.25, 0.3) is 0 Å². The van der Waals surface area contributed by atoms with Gasteiger partial charge in [0, 0.05) is 19.6 Å². The number of amides is 1. The third-order valence-electron chi connectivity index (χ3n) is 4.87. The summed E-state index contributed by atoms with van der Waals surface area (Å²) in [6.07, 6.45) is -5.39. The van der Waals surface area contributed by atoms with Crippen LogP contribution in [0.4, 0.5) is 13.2 Å². The molecule has 2 saturated heterocycles. The summed E-state index contributed by atoms with van der Waals surface area (Å²) in [4.78, 5) is 24.8. The first-order valence-corrected chi connectivity index (χ1v) is 9.53.